The molecule has 0 amide bonds. The Morgan fingerprint density at radius 3 is 2.59 bits per heavy atom. The van der Waals surface area contributed by atoms with Gasteiger partial charge in [-0.15, -0.1) is 0 Å². The van der Waals surface area contributed by atoms with Crippen LogP contribution in [0.25, 0.3) is 16.9 Å². The van der Waals surface area contributed by atoms with Crippen molar-refractivity contribution in [1.82, 2.24) is 0 Å². The highest BCUT2D eigenvalue weighted by atomic mass is 31.2. The lowest BCUT2D eigenvalue weighted by Gasteiger charge is -2.27. The minimum atomic E-state index is -3.52. The molecule has 0 radical (unpaired) electrons. The van der Waals surface area contributed by atoms with E-state index in [1.807, 2.05) is 31.2 Å². The molecule has 184 valence electrons. The summed E-state index contributed by atoms with van der Waals surface area (Å²) in [6.45, 7) is 10.4. The summed E-state index contributed by atoms with van der Waals surface area (Å²) < 4.78 is 36.1. The second-order valence-corrected chi connectivity index (χ2v) is 10.7. The van der Waals surface area contributed by atoms with E-state index in [0.29, 0.717) is 30.3 Å². The fourth-order valence-electron chi connectivity index (χ4n) is 4.06. The molecule has 34 heavy (non-hydrogen) atoms. The van der Waals surface area contributed by atoms with Crippen molar-refractivity contribution in [2.45, 2.75) is 59.3 Å². The summed E-state index contributed by atoms with van der Waals surface area (Å²) >= 11 is 0. The van der Waals surface area contributed by atoms with Gasteiger partial charge in [0.1, 0.15) is 17.3 Å². The molecular formula is C27H35O6P. The number of fused-ring (bicyclic) bond motifs is 3. The van der Waals surface area contributed by atoms with Crippen molar-refractivity contribution in [3.63, 3.8) is 0 Å². The number of aryl methyl sites for hydroxylation is 2. The highest BCUT2D eigenvalue weighted by Gasteiger charge is 2.31. The fourth-order valence-corrected chi connectivity index (χ4v) is 5.39. The van der Waals surface area contributed by atoms with Crippen molar-refractivity contribution in [3.05, 3.63) is 53.6 Å². The minimum Gasteiger partial charge on any atom is -0.466 e. The zero-order valence-corrected chi connectivity index (χ0v) is 21.5. The van der Waals surface area contributed by atoms with Crippen LogP contribution in [0.15, 0.2) is 36.9 Å². The van der Waals surface area contributed by atoms with E-state index in [9.17, 15) is 9.36 Å². The van der Waals surface area contributed by atoms with Crippen molar-refractivity contribution in [2.24, 2.45) is 0 Å². The van der Waals surface area contributed by atoms with Gasteiger partial charge < -0.3 is 18.5 Å². The molecule has 2 aromatic carbocycles. The molecule has 0 spiro atoms. The average Bonchev–Trinajstić information content (AvgIpc) is 2.79. The average molecular weight is 487 g/mol. The fraction of sp³-hybridized carbons (Fsp3) is 0.444. The molecule has 0 aromatic heterocycles. The molecule has 1 aliphatic rings. The van der Waals surface area contributed by atoms with E-state index in [4.69, 9.17) is 18.5 Å². The number of benzene rings is 2. The summed E-state index contributed by atoms with van der Waals surface area (Å²) in [5.74, 6) is 1.35. The Morgan fingerprint density at radius 2 is 1.88 bits per heavy atom. The second-order valence-electron chi connectivity index (χ2n) is 8.52. The highest BCUT2D eigenvalue weighted by Crippen LogP contribution is 2.54. The maximum atomic E-state index is 13.5. The second kappa shape index (κ2) is 11.7. The molecule has 6 nitrogen and oxygen atoms in total. The number of esters is 1. The van der Waals surface area contributed by atoms with Gasteiger partial charge in [0, 0.05) is 24.7 Å². The van der Waals surface area contributed by atoms with Crippen LogP contribution in [0.1, 0.15) is 62.6 Å². The van der Waals surface area contributed by atoms with Gasteiger partial charge in [0.15, 0.2) is 0 Å². The topological polar surface area (TPSA) is 71.1 Å². The molecule has 0 N–H and O–H groups in total. The molecule has 1 atom stereocenters. The number of carbonyl (C=O) groups is 1. The van der Waals surface area contributed by atoms with Crippen molar-refractivity contribution < 1.29 is 27.9 Å². The SMILES string of the molecule is C=C1Oc2cc(CCCCC)cc(OP(=O)(CCCC(=O)OCC)OC)c2-c2cc(C)ccc21. The maximum absolute atomic E-state index is 13.5. The summed E-state index contributed by atoms with van der Waals surface area (Å²) in [4.78, 5) is 11.7. The number of unbranched alkanes of at least 4 members (excludes halogenated alkanes) is 2. The van der Waals surface area contributed by atoms with Gasteiger partial charge in [-0.1, -0.05) is 50.1 Å². The molecule has 0 saturated carbocycles. The molecule has 3 rings (SSSR count). The Morgan fingerprint density at radius 1 is 1.09 bits per heavy atom. The first-order valence-corrected chi connectivity index (χ1v) is 13.7. The lowest BCUT2D eigenvalue weighted by molar-refractivity contribution is -0.143. The zero-order chi connectivity index (χ0) is 24.7. The first-order valence-electron chi connectivity index (χ1n) is 11.9. The number of carbonyl (C=O) groups excluding carboxylic acids is 1. The van der Waals surface area contributed by atoms with Crippen LogP contribution in [0.5, 0.6) is 11.5 Å². The highest BCUT2D eigenvalue weighted by molar-refractivity contribution is 7.54. The molecule has 0 aliphatic carbocycles. The third-order valence-corrected chi connectivity index (χ3v) is 7.70. The molecule has 1 aliphatic heterocycles. The van der Waals surface area contributed by atoms with E-state index in [2.05, 4.69) is 19.6 Å². The summed E-state index contributed by atoms with van der Waals surface area (Å²) in [5.41, 5.74) is 4.67. The van der Waals surface area contributed by atoms with Crippen LogP contribution in [0.2, 0.25) is 0 Å². The summed E-state index contributed by atoms with van der Waals surface area (Å²) in [6.07, 6.45) is 4.73. The van der Waals surface area contributed by atoms with E-state index >= 15 is 0 Å². The smallest absolute Gasteiger partial charge is 0.378 e. The van der Waals surface area contributed by atoms with Crippen molar-refractivity contribution >= 4 is 19.3 Å². The maximum Gasteiger partial charge on any atom is 0.378 e. The number of rotatable bonds is 12. The first kappa shape index (κ1) is 26.1. The van der Waals surface area contributed by atoms with Gasteiger partial charge in [0.2, 0.25) is 0 Å². The van der Waals surface area contributed by atoms with Crippen LogP contribution in [-0.2, 0) is 25.0 Å². The Labute approximate surface area is 202 Å². The quantitative estimate of drug-likeness (QED) is 0.178. The lowest BCUT2D eigenvalue weighted by Crippen LogP contribution is -2.09. The van der Waals surface area contributed by atoms with E-state index in [0.717, 1.165) is 53.5 Å². The van der Waals surface area contributed by atoms with Gasteiger partial charge in [-0.3, -0.25) is 4.79 Å². The number of hydrogen-bond acceptors (Lipinski definition) is 6. The summed E-state index contributed by atoms with van der Waals surface area (Å²) in [7, 11) is -2.15. The molecule has 0 fully saturated rings. The molecule has 7 heteroatoms. The normalized spacial score (nSPS) is 13.9. The number of hydrogen-bond donors (Lipinski definition) is 0. The molecule has 1 unspecified atom stereocenters. The van der Waals surface area contributed by atoms with Crippen LogP contribution >= 0.6 is 7.60 Å². The molecule has 2 aromatic rings. The molecular weight excluding hydrogens is 451 g/mol. The largest absolute Gasteiger partial charge is 0.466 e. The van der Waals surface area contributed by atoms with Gasteiger partial charge in [-0.25, -0.2) is 4.57 Å². The third kappa shape index (κ3) is 6.31. The standard InChI is InChI=1S/C27H35O6P/c1-6-8-9-11-21-17-24-27(23-16-19(3)13-14-22(23)20(4)32-24)25(18-21)33-34(29,30-5)15-10-12-26(28)31-7-2/h13-14,16-18H,4,6-12,15H2,1-3,5H3. The third-order valence-electron chi connectivity index (χ3n) is 5.81. The first-order chi connectivity index (χ1) is 16.3. The van der Waals surface area contributed by atoms with Crippen molar-refractivity contribution in [1.29, 1.82) is 0 Å². The van der Waals surface area contributed by atoms with Gasteiger partial charge in [-0.2, -0.15) is 0 Å². The zero-order valence-electron chi connectivity index (χ0n) is 20.6. The Kier molecular flexibility index (Phi) is 8.98. The Hall–Kier alpha value is -2.56. The molecule has 0 saturated heterocycles. The van der Waals surface area contributed by atoms with E-state index in [1.54, 1.807) is 6.92 Å². The van der Waals surface area contributed by atoms with E-state index < -0.39 is 7.60 Å². The van der Waals surface area contributed by atoms with E-state index in [1.165, 1.54) is 7.11 Å². The van der Waals surface area contributed by atoms with Crippen LogP contribution in [0, 0.1) is 6.92 Å². The minimum absolute atomic E-state index is 0.103. The van der Waals surface area contributed by atoms with Crippen LogP contribution < -0.4 is 9.26 Å². The van der Waals surface area contributed by atoms with Gasteiger partial charge >= 0.3 is 13.6 Å². The van der Waals surface area contributed by atoms with Crippen molar-refractivity contribution in [3.8, 4) is 22.6 Å². The van der Waals surface area contributed by atoms with Gasteiger partial charge in [-0.05, 0) is 50.8 Å². The van der Waals surface area contributed by atoms with Crippen LogP contribution in [0.3, 0.4) is 0 Å². The van der Waals surface area contributed by atoms with Gasteiger partial charge in [0.25, 0.3) is 0 Å². The van der Waals surface area contributed by atoms with Crippen LogP contribution in [0.4, 0.5) is 0 Å². The monoisotopic (exact) mass is 486 g/mol. The van der Waals surface area contributed by atoms with E-state index in [-0.39, 0.29) is 18.6 Å². The summed E-state index contributed by atoms with van der Waals surface area (Å²) in [5, 5.41) is 0. The molecule has 1 heterocycles. The predicted octanol–water partition coefficient (Wildman–Crippen LogP) is 7.32. The predicted molar refractivity (Wildman–Crippen MR) is 135 cm³/mol. The molecule has 0 bridgehead atoms. The lowest BCUT2D eigenvalue weighted by atomic mass is 9.91. The Bertz CT molecular complexity index is 1090. The van der Waals surface area contributed by atoms with Crippen LogP contribution in [-0.4, -0.2) is 25.8 Å². The summed E-state index contributed by atoms with van der Waals surface area (Å²) in [6, 6.07) is 10.0. The van der Waals surface area contributed by atoms with Gasteiger partial charge in [0.05, 0.1) is 18.3 Å². The number of ether oxygens (including phenoxy) is 2. The van der Waals surface area contributed by atoms with Crippen molar-refractivity contribution in [2.75, 3.05) is 19.9 Å². The Balaban J connectivity index is 1.98.